The fourth-order valence-corrected chi connectivity index (χ4v) is 6.25. The van der Waals surface area contributed by atoms with Crippen molar-refractivity contribution in [3.63, 3.8) is 0 Å². The number of sulfonamides is 1. The summed E-state index contributed by atoms with van der Waals surface area (Å²) in [6.45, 7) is 10.4. The summed E-state index contributed by atoms with van der Waals surface area (Å²) in [5.41, 5.74) is 1.69. The Bertz CT molecular complexity index is 1420. The molecule has 2 atom stereocenters. The van der Waals surface area contributed by atoms with Crippen LogP contribution < -0.4 is 19.7 Å². The highest BCUT2D eigenvalue weighted by atomic mass is 32.2. The first-order chi connectivity index (χ1) is 20.2. The molecule has 3 heterocycles. The number of aromatic nitrogens is 3. The summed E-state index contributed by atoms with van der Waals surface area (Å²) in [7, 11) is -1.74. The molecule has 228 valence electrons. The van der Waals surface area contributed by atoms with E-state index >= 15 is 0 Å². The van der Waals surface area contributed by atoms with Crippen LogP contribution in [0.1, 0.15) is 25.7 Å². The van der Waals surface area contributed by atoms with Crippen LogP contribution in [0.5, 0.6) is 11.8 Å². The van der Waals surface area contributed by atoms with Gasteiger partial charge in [-0.2, -0.15) is 0 Å². The Hall–Kier alpha value is -3.27. The van der Waals surface area contributed by atoms with E-state index in [9.17, 15) is 13.5 Å². The zero-order chi connectivity index (χ0) is 29.7. The molecule has 0 bridgehead atoms. The van der Waals surface area contributed by atoms with Gasteiger partial charge in [0.15, 0.2) is 12.2 Å². The molecule has 0 amide bonds. The monoisotopic (exact) mass is 600 g/mol. The fourth-order valence-electron chi connectivity index (χ4n) is 5.05. The number of anilines is 2. The van der Waals surface area contributed by atoms with Crippen molar-refractivity contribution in [2.75, 3.05) is 69.7 Å². The van der Waals surface area contributed by atoms with Gasteiger partial charge in [-0.1, -0.05) is 11.2 Å². The minimum absolute atomic E-state index is 0.0977. The van der Waals surface area contributed by atoms with Gasteiger partial charge < -0.3 is 29.7 Å². The van der Waals surface area contributed by atoms with Crippen LogP contribution in [0, 0.1) is 0 Å². The van der Waals surface area contributed by atoms with Gasteiger partial charge in [0.1, 0.15) is 5.75 Å². The van der Waals surface area contributed by atoms with Gasteiger partial charge in [0.05, 0.1) is 24.2 Å². The molecule has 0 aliphatic carbocycles. The number of nitrogens with zero attached hydrogens (tertiary/aromatic N) is 6. The Morgan fingerprint density at radius 3 is 2.43 bits per heavy atom. The zero-order valence-electron chi connectivity index (χ0n) is 24.3. The number of hydrogen-bond donors (Lipinski definition) is 3. The molecule has 2 fully saturated rings. The highest BCUT2D eigenvalue weighted by Gasteiger charge is 2.25. The van der Waals surface area contributed by atoms with Crippen LogP contribution in [-0.2, 0) is 21.3 Å². The van der Waals surface area contributed by atoms with Gasteiger partial charge >= 0.3 is 6.01 Å². The van der Waals surface area contributed by atoms with Crippen molar-refractivity contribution in [2.24, 2.45) is 0 Å². The number of rotatable bonds is 11. The number of likely N-dealkylation sites (N-methyl/N-ethyl adjacent to an activating group) is 1. The van der Waals surface area contributed by atoms with E-state index in [2.05, 4.69) is 43.2 Å². The van der Waals surface area contributed by atoms with Crippen LogP contribution in [0.3, 0.4) is 0 Å². The maximum absolute atomic E-state index is 13.2. The van der Waals surface area contributed by atoms with Gasteiger partial charge in [0, 0.05) is 63.3 Å². The van der Waals surface area contributed by atoms with E-state index in [-0.39, 0.29) is 4.90 Å². The number of nitrogens with one attached hydrogen (secondary N) is 2. The van der Waals surface area contributed by atoms with E-state index in [0.717, 1.165) is 31.9 Å². The molecule has 2 saturated heterocycles. The van der Waals surface area contributed by atoms with E-state index in [0.29, 0.717) is 56.1 Å². The molecule has 42 heavy (non-hydrogen) atoms. The Morgan fingerprint density at radius 2 is 1.74 bits per heavy atom. The topological polar surface area (TPSA) is 137 Å². The van der Waals surface area contributed by atoms with Gasteiger partial charge in [-0.25, -0.2) is 13.1 Å². The van der Waals surface area contributed by atoms with Crippen LogP contribution in [0.2, 0.25) is 0 Å². The molecule has 3 N–H and O–H groups in total. The third-order valence-corrected chi connectivity index (χ3v) is 9.08. The molecule has 0 saturated carbocycles. The number of ether oxygens (including phenoxy) is 2. The Morgan fingerprint density at radius 1 is 1.02 bits per heavy atom. The van der Waals surface area contributed by atoms with E-state index < -0.39 is 22.4 Å². The van der Waals surface area contributed by atoms with Gasteiger partial charge in [0.25, 0.3) is 0 Å². The van der Waals surface area contributed by atoms with Crippen molar-refractivity contribution in [3.8, 4) is 11.8 Å². The van der Waals surface area contributed by atoms with Crippen LogP contribution in [-0.4, -0.2) is 104 Å². The first-order valence-corrected chi connectivity index (χ1v) is 15.7. The highest BCUT2D eigenvalue weighted by Crippen LogP contribution is 2.28. The van der Waals surface area contributed by atoms with Crippen molar-refractivity contribution in [2.45, 2.75) is 37.7 Å². The molecule has 5 rings (SSSR count). The largest absolute Gasteiger partial charge is 0.424 e. The van der Waals surface area contributed by atoms with Crippen molar-refractivity contribution >= 4 is 21.4 Å². The summed E-state index contributed by atoms with van der Waals surface area (Å²) in [6.07, 6.45) is -0.888. The molecular formula is C28H40N8O5S. The average Bonchev–Trinajstić information content (AvgIpc) is 3.41. The van der Waals surface area contributed by atoms with Gasteiger partial charge in [-0.05, 0) is 57.3 Å². The van der Waals surface area contributed by atoms with Gasteiger partial charge in [-0.15, -0.1) is 5.10 Å². The molecule has 0 spiro atoms. The Kier molecular flexibility index (Phi) is 9.60. The molecule has 2 aliphatic rings. The predicted molar refractivity (Wildman–Crippen MR) is 159 cm³/mol. The third-order valence-electron chi connectivity index (χ3n) is 7.53. The molecule has 1 aromatic heterocycles. The lowest BCUT2D eigenvalue weighted by Gasteiger charge is -2.34. The maximum atomic E-state index is 13.2. The summed E-state index contributed by atoms with van der Waals surface area (Å²) >= 11 is 0. The fraction of sp³-hybridized carbons (Fsp3) is 0.500. The minimum Gasteiger partial charge on any atom is -0.424 e. The van der Waals surface area contributed by atoms with Gasteiger partial charge in [0.2, 0.25) is 10.0 Å². The standard InChI is InChI=1S/C28H40N8O5S/c1-4-36-26(30-31-28(36)41-24-7-5-6-23(20-24)34-14-12-33(3)13-15-34)21(2)32-42(38,39)25-10-8-22(9-11-25)29-27(37)35-16-18-40-19-17-35/h5-11,20-21,27,29,32,37H,4,12-19H2,1-3H3/t21-,27?/m1/s1. The average molecular weight is 601 g/mol. The number of piperazine rings is 1. The van der Waals surface area contributed by atoms with E-state index in [1.165, 1.54) is 12.1 Å². The van der Waals surface area contributed by atoms with E-state index in [1.54, 1.807) is 23.6 Å². The minimum atomic E-state index is -3.87. The molecular weight excluding hydrogens is 560 g/mol. The quantitative estimate of drug-likeness (QED) is 0.278. The van der Waals surface area contributed by atoms with Crippen molar-refractivity contribution in [1.82, 2.24) is 29.3 Å². The third kappa shape index (κ3) is 7.19. The summed E-state index contributed by atoms with van der Waals surface area (Å²) in [5.74, 6) is 1.08. The van der Waals surface area contributed by atoms with Crippen LogP contribution >= 0.6 is 0 Å². The van der Waals surface area contributed by atoms with Gasteiger partial charge in [-0.3, -0.25) is 9.47 Å². The molecule has 1 unspecified atom stereocenters. The van der Waals surface area contributed by atoms with E-state index in [1.807, 2.05) is 30.0 Å². The highest BCUT2D eigenvalue weighted by molar-refractivity contribution is 7.89. The van der Waals surface area contributed by atoms with E-state index in [4.69, 9.17) is 9.47 Å². The van der Waals surface area contributed by atoms with Crippen molar-refractivity contribution in [3.05, 3.63) is 54.4 Å². The summed E-state index contributed by atoms with van der Waals surface area (Å²) in [5, 5.41) is 21.9. The molecule has 3 aromatic rings. The number of aliphatic hydroxyl groups excluding tert-OH is 1. The molecule has 14 heteroatoms. The normalized spacial score (nSPS) is 18.5. The summed E-state index contributed by atoms with van der Waals surface area (Å²) < 4.78 is 42.3. The Labute approximate surface area is 247 Å². The second kappa shape index (κ2) is 13.4. The molecule has 2 aliphatic heterocycles. The lowest BCUT2D eigenvalue weighted by molar-refractivity contribution is -0.0446. The first kappa shape index (κ1) is 30.2. The molecule has 0 radical (unpaired) electrons. The van der Waals surface area contributed by atoms with Crippen LogP contribution in [0.4, 0.5) is 11.4 Å². The van der Waals surface area contributed by atoms with Crippen LogP contribution in [0.25, 0.3) is 0 Å². The second-order valence-corrected chi connectivity index (χ2v) is 12.2. The number of benzene rings is 2. The second-order valence-electron chi connectivity index (χ2n) is 10.5. The first-order valence-electron chi connectivity index (χ1n) is 14.3. The van der Waals surface area contributed by atoms with Crippen molar-refractivity contribution < 1.29 is 23.0 Å². The molecule has 13 nitrogen and oxygen atoms in total. The summed E-state index contributed by atoms with van der Waals surface area (Å²) in [4.78, 5) is 6.58. The smallest absolute Gasteiger partial charge is 0.322 e. The Balaban J connectivity index is 1.23. The predicted octanol–water partition coefficient (Wildman–Crippen LogP) is 1.90. The SMILES string of the molecule is CCn1c(Oc2cccc(N3CCN(C)CC3)c2)nnc1[C@@H](C)NS(=O)(=O)c1ccc(NC(O)N2CCOCC2)cc1. The maximum Gasteiger partial charge on any atom is 0.322 e. The summed E-state index contributed by atoms with van der Waals surface area (Å²) in [6, 6.07) is 13.8. The number of morpholine rings is 1. The lowest BCUT2D eigenvalue weighted by atomic mass is 10.2. The molecule has 2 aromatic carbocycles. The number of aliphatic hydroxyl groups is 1. The van der Waals surface area contributed by atoms with Crippen LogP contribution in [0.15, 0.2) is 53.4 Å². The van der Waals surface area contributed by atoms with Crippen molar-refractivity contribution in [1.29, 1.82) is 0 Å². The lowest BCUT2D eigenvalue weighted by Crippen LogP contribution is -2.47. The number of hydrogen-bond acceptors (Lipinski definition) is 11. The zero-order valence-corrected chi connectivity index (χ0v) is 25.1.